The molecule has 236 valence electrons. The van der Waals surface area contributed by atoms with Crippen LogP contribution >= 0.6 is 0 Å². The summed E-state index contributed by atoms with van der Waals surface area (Å²) in [7, 11) is 1.57. The third kappa shape index (κ3) is 12.3. The van der Waals surface area contributed by atoms with E-state index in [0.717, 1.165) is 24.8 Å². The van der Waals surface area contributed by atoms with Gasteiger partial charge in [0, 0.05) is 36.6 Å². The van der Waals surface area contributed by atoms with Gasteiger partial charge in [-0.25, -0.2) is 0 Å². The minimum atomic E-state index is -1.02. The average Bonchev–Trinajstić information content (AvgIpc) is 3.02. The lowest BCUT2D eigenvalue weighted by Crippen LogP contribution is -2.09. The molecule has 0 saturated heterocycles. The highest BCUT2D eigenvalue weighted by Gasteiger charge is 2.15. The largest absolute Gasteiger partial charge is 0.497 e. The van der Waals surface area contributed by atoms with E-state index in [4.69, 9.17) is 18.9 Å². The number of aliphatic hydroxyl groups excluding tert-OH is 1. The molecule has 1 unspecified atom stereocenters. The quantitative estimate of drug-likeness (QED) is 0.0833. The Bertz CT molecular complexity index is 1330. The van der Waals surface area contributed by atoms with Crippen molar-refractivity contribution < 1.29 is 33.6 Å². The molecule has 0 saturated carbocycles. The molecule has 0 spiro atoms. The summed E-state index contributed by atoms with van der Waals surface area (Å²) in [5, 5.41) is 11.1. The summed E-state index contributed by atoms with van der Waals surface area (Å²) in [5.74, 6) is 0.794. The summed E-state index contributed by atoms with van der Waals surface area (Å²) in [6.45, 7) is 3.86. The second-order valence-electron chi connectivity index (χ2n) is 10.8. The van der Waals surface area contributed by atoms with Gasteiger partial charge in [-0.2, -0.15) is 0 Å². The van der Waals surface area contributed by atoms with Crippen LogP contribution in [0.3, 0.4) is 0 Å². The van der Waals surface area contributed by atoms with Crippen LogP contribution in [0, 0.1) is 0 Å². The molecule has 0 radical (unpaired) electrons. The van der Waals surface area contributed by atoms with Crippen molar-refractivity contribution in [2.24, 2.45) is 0 Å². The van der Waals surface area contributed by atoms with Crippen molar-refractivity contribution in [3.63, 3.8) is 0 Å². The van der Waals surface area contributed by atoms with E-state index in [0.29, 0.717) is 35.7 Å². The fourth-order valence-electron chi connectivity index (χ4n) is 4.77. The third-order valence-corrected chi connectivity index (χ3v) is 7.19. The van der Waals surface area contributed by atoms with E-state index < -0.39 is 12.1 Å². The summed E-state index contributed by atoms with van der Waals surface area (Å²) in [6, 6.07) is 19.8. The van der Waals surface area contributed by atoms with Gasteiger partial charge in [-0.1, -0.05) is 101 Å². The molecule has 3 aromatic rings. The number of esters is 2. The summed E-state index contributed by atoms with van der Waals surface area (Å²) in [6.07, 6.45) is 12.9. The zero-order valence-corrected chi connectivity index (χ0v) is 26.3. The number of hydrogen-bond donors (Lipinski definition) is 1. The van der Waals surface area contributed by atoms with Gasteiger partial charge in [-0.3, -0.25) is 9.59 Å². The molecular weight excluding hydrogens is 556 g/mol. The zero-order valence-electron chi connectivity index (χ0n) is 26.3. The zero-order chi connectivity index (χ0) is 31.6. The fourth-order valence-corrected chi connectivity index (χ4v) is 4.77. The second-order valence-corrected chi connectivity index (χ2v) is 10.8. The molecule has 0 fully saturated rings. The fraction of sp³-hybridized carbons (Fsp3) is 0.405. The molecule has 7 heteroatoms. The predicted octanol–water partition coefficient (Wildman–Crippen LogP) is 8.77. The SMILES string of the molecule is CCCCCCCCCCCC(=O)Oc1cc(OC(C)=O)ccc1C=CC(O)c1ccc(OC)cc1OCc1ccccc1. The molecule has 0 aliphatic heterocycles. The highest BCUT2D eigenvalue weighted by molar-refractivity contribution is 5.75. The number of hydrogen-bond acceptors (Lipinski definition) is 7. The molecule has 0 aliphatic carbocycles. The second kappa shape index (κ2) is 19.2. The van der Waals surface area contributed by atoms with Crippen molar-refractivity contribution in [2.75, 3.05) is 7.11 Å². The minimum absolute atomic E-state index is 0.253. The van der Waals surface area contributed by atoms with E-state index in [9.17, 15) is 14.7 Å². The van der Waals surface area contributed by atoms with Crippen LogP contribution in [0.4, 0.5) is 0 Å². The van der Waals surface area contributed by atoms with Crippen LogP contribution in [-0.4, -0.2) is 24.2 Å². The van der Waals surface area contributed by atoms with E-state index >= 15 is 0 Å². The van der Waals surface area contributed by atoms with E-state index in [1.54, 1.807) is 49.6 Å². The molecule has 0 amide bonds. The lowest BCUT2D eigenvalue weighted by molar-refractivity contribution is -0.134. The molecule has 1 N–H and O–H groups in total. The topological polar surface area (TPSA) is 91.3 Å². The Kier molecular flexibility index (Phi) is 15.0. The maximum atomic E-state index is 12.7. The Balaban J connectivity index is 1.67. The van der Waals surface area contributed by atoms with E-state index in [1.807, 2.05) is 30.3 Å². The summed E-state index contributed by atoms with van der Waals surface area (Å²) in [5.41, 5.74) is 2.10. The van der Waals surface area contributed by atoms with Gasteiger partial charge in [0.1, 0.15) is 35.7 Å². The lowest BCUT2D eigenvalue weighted by Gasteiger charge is -2.16. The molecule has 3 aromatic carbocycles. The first kappa shape index (κ1) is 34.4. The van der Waals surface area contributed by atoms with Crippen molar-refractivity contribution >= 4 is 18.0 Å². The normalized spacial score (nSPS) is 11.7. The van der Waals surface area contributed by atoms with Crippen molar-refractivity contribution in [3.05, 3.63) is 89.5 Å². The highest BCUT2D eigenvalue weighted by Crippen LogP contribution is 2.33. The first-order valence-electron chi connectivity index (χ1n) is 15.6. The summed E-state index contributed by atoms with van der Waals surface area (Å²) in [4.78, 5) is 24.3. The third-order valence-electron chi connectivity index (χ3n) is 7.19. The van der Waals surface area contributed by atoms with Crippen LogP contribution in [-0.2, 0) is 16.2 Å². The summed E-state index contributed by atoms with van der Waals surface area (Å²) < 4.78 is 22.4. The molecule has 1 atom stereocenters. The van der Waals surface area contributed by atoms with Gasteiger partial charge < -0.3 is 24.1 Å². The van der Waals surface area contributed by atoms with Gasteiger partial charge in [0.15, 0.2) is 0 Å². The molecule has 7 nitrogen and oxygen atoms in total. The van der Waals surface area contributed by atoms with E-state index in [-0.39, 0.29) is 17.5 Å². The Morgan fingerprint density at radius 2 is 1.45 bits per heavy atom. The molecule has 0 bridgehead atoms. The van der Waals surface area contributed by atoms with Gasteiger partial charge >= 0.3 is 11.9 Å². The number of benzene rings is 3. The standard InChI is InChI=1S/C37H46O7/c1-4-5-6-7-8-9-10-11-15-18-37(40)44-35-26-32(43-28(2)38)21-19-30(35)20-24-34(39)33-23-22-31(41-3)25-36(33)42-27-29-16-13-12-14-17-29/h12-14,16-17,19-26,34,39H,4-11,15,18,27H2,1-3H3. The van der Waals surface area contributed by atoms with Gasteiger partial charge in [-0.15, -0.1) is 0 Å². The van der Waals surface area contributed by atoms with Crippen LogP contribution in [0.25, 0.3) is 6.08 Å². The monoisotopic (exact) mass is 602 g/mol. The average molecular weight is 603 g/mol. The Morgan fingerprint density at radius 3 is 2.14 bits per heavy atom. The minimum Gasteiger partial charge on any atom is -0.497 e. The number of rotatable bonds is 19. The maximum absolute atomic E-state index is 12.7. The molecule has 0 aromatic heterocycles. The van der Waals surface area contributed by atoms with Gasteiger partial charge in [0.25, 0.3) is 0 Å². The van der Waals surface area contributed by atoms with Crippen LogP contribution < -0.4 is 18.9 Å². The van der Waals surface area contributed by atoms with Crippen molar-refractivity contribution in [1.29, 1.82) is 0 Å². The summed E-state index contributed by atoms with van der Waals surface area (Å²) >= 11 is 0. The van der Waals surface area contributed by atoms with Crippen molar-refractivity contribution in [2.45, 2.75) is 90.8 Å². The molecule has 0 heterocycles. The van der Waals surface area contributed by atoms with E-state index in [1.165, 1.54) is 51.5 Å². The van der Waals surface area contributed by atoms with Crippen LogP contribution in [0.15, 0.2) is 72.8 Å². The Morgan fingerprint density at radius 1 is 0.795 bits per heavy atom. The Hall–Kier alpha value is -4.10. The number of carbonyl (C=O) groups is 2. The molecule has 0 aliphatic rings. The van der Waals surface area contributed by atoms with Crippen LogP contribution in [0.1, 0.15) is 101 Å². The molecule has 44 heavy (non-hydrogen) atoms. The molecule has 3 rings (SSSR count). The highest BCUT2D eigenvalue weighted by atomic mass is 16.5. The molecular formula is C37H46O7. The first-order valence-corrected chi connectivity index (χ1v) is 15.6. The Labute approximate surface area is 261 Å². The number of methoxy groups -OCH3 is 1. The number of ether oxygens (including phenoxy) is 4. The maximum Gasteiger partial charge on any atom is 0.311 e. The van der Waals surface area contributed by atoms with E-state index in [2.05, 4.69) is 6.92 Å². The van der Waals surface area contributed by atoms with Gasteiger partial charge in [-0.05, 0) is 36.2 Å². The van der Waals surface area contributed by atoms with Gasteiger partial charge in [0.05, 0.1) is 7.11 Å². The van der Waals surface area contributed by atoms with Crippen molar-refractivity contribution in [1.82, 2.24) is 0 Å². The number of aliphatic hydroxyl groups is 1. The smallest absolute Gasteiger partial charge is 0.311 e. The van der Waals surface area contributed by atoms with Crippen LogP contribution in [0.5, 0.6) is 23.0 Å². The first-order chi connectivity index (χ1) is 21.4. The number of unbranched alkanes of at least 4 members (excludes halogenated alkanes) is 8. The van der Waals surface area contributed by atoms with Crippen molar-refractivity contribution in [3.8, 4) is 23.0 Å². The van der Waals surface area contributed by atoms with Crippen LogP contribution in [0.2, 0.25) is 0 Å². The predicted molar refractivity (Wildman–Crippen MR) is 173 cm³/mol. The van der Waals surface area contributed by atoms with Gasteiger partial charge in [0.2, 0.25) is 0 Å². The lowest BCUT2D eigenvalue weighted by atomic mass is 10.1. The number of carbonyl (C=O) groups excluding carboxylic acids is 2.